The molecular formula is C48H46F8N8O7S2. The number of aliphatic hydroxyl groups is 1. The van der Waals surface area contributed by atoms with Gasteiger partial charge in [0.25, 0.3) is 5.91 Å². The Morgan fingerprint density at radius 2 is 1.74 bits per heavy atom. The number of rotatable bonds is 15. The van der Waals surface area contributed by atoms with Gasteiger partial charge < -0.3 is 34.1 Å². The zero-order valence-corrected chi connectivity index (χ0v) is 41.4. The Hall–Kier alpha value is -6.62. The maximum Gasteiger partial charge on any atom is 0.420 e. The number of alkyl halides is 6. The van der Waals surface area contributed by atoms with Crippen LogP contribution in [0.5, 0.6) is 5.75 Å². The Kier molecular flexibility index (Phi) is 15.4. The van der Waals surface area contributed by atoms with Gasteiger partial charge >= 0.3 is 12.4 Å². The number of unbranched alkanes of at least 4 members (excludes halogenated alkanes) is 1. The summed E-state index contributed by atoms with van der Waals surface area (Å²) < 4.78 is 133. The highest BCUT2D eigenvalue weighted by molar-refractivity contribution is 7.81. The van der Waals surface area contributed by atoms with Crippen LogP contribution < -0.4 is 19.9 Å². The van der Waals surface area contributed by atoms with Crippen LogP contribution in [0.2, 0.25) is 0 Å². The summed E-state index contributed by atoms with van der Waals surface area (Å²) in [6, 6.07) is 4.45. The van der Waals surface area contributed by atoms with E-state index in [1.165, 1.54) is 42.2 Å². The third-order valence-corrected chi connectivity index (χ3v) is 13.3. The van der Waals surface area contributed by atoms with Crippen LogP contribution in [0.4, 0.5) is 46.5 Å². The number of hydrogen-bond acceptors (Lipinski definition) is 13. The first-order valence-corrected chi connectivity index (χ1v) is 23.6. The number of amides is 3. The summed E-state index contributed by atoms with van der Waals surface area (Å²) in [4.78, 5) is 56.9. The van der Waals surface area contributed by atoms with Crippen molar-refractivity contribution in [3.63, 3.8) is 0 Å². The van der Waals surface area contributed by atoms with Crippen LogP contribution in [0.3, 0.4) is 0 Å². The fraction of sp³-hybridized carbons (Fsp3) is 0.417. The lowest BCUT2D eigenvalue weighted by molar-refractivity contribution is -0.142. The lowest BCUT2D eigenvalue weighted by atomic mass is 9.85. The first kappa shape index (κ1) is 54.2. The van der Waals surface area contributed by atoms with Crippen LogP contribution in [0.1, 0.15) is 88.2 Å². The molecule has 0 saturated carbocycles. The van der Waals surface area contributed by atoms with Crippen LogP contribution in [0.25, 0.3) is 21.9 Å². The lowest BCUT2D eigenvalue weighted by Gasteiger charge is -2.35. The van der Waals surface area contributed by atoms with Gasteiger partial charge in [-0.3, -0.25) is 24.3 Å². The minimum Gasteiger partial charge on any atom is -0.494 e. The highest BCUT2D eigenvalue weighted by atomic mass is 32.1. The van der Waals surface area contributed by atoms with Gasteiger partial charge in [0, 0.05) is 31.2 Å². The van der Waals surface area contributed by atoms with Crippen LogP contribution in [-0.2, 0) is 31.5 Å². The number of carbonyl (C=O) groups excluding carboxylic acids is 3. The van der Waals surface area contributed by atoms with E-state index in [1.54, 1.807) is 32.5 Å². The van der Waals surface area contributed by atoms with Gasteiger partial charge in [0.1, 0.15) is 41.2 Å². The number of pyridine rings is 1. The van der Waals surface area contributed by atoms with Crippen molar-refractivity contribution < 1.29 is 68.5 Å². The SMILES string of the molecule is Cc1ncsc1-c1cnc([C@@H]2C[C@@H](O)CN2C(=O)[C@@H](NC(=O)COCCCCOc2ccc(-c3ncc(N4C(=S)N(c5ccc(C#N)c(C(F)(F)F)c5F)C(=O)C4(C)C)cc3F)c(C(F)(F)F)c2)C(C)(C)C)o1. The summed E-state index contributed by atoms with van der Waals surface area (Å²) in [6.07, 6.45) is -8.04. The third kappa shape index (κ3) is 11.2. The third-order valence-electron chi connectivity index (χ3n) is 12.0. The number of thiazole rings is 1. The van der Waals surface area contributed by atoms with E-state index in [4.69, 9.17) is 31.4 Å². The largest absolute Gasteiger partial charge is 0.494 e. The summed E-state index contributed by atoms with van der Waals surface area (Å²) in [6.45, 7) is 9.18. The number of nitrogens with one attached hydrogen (secondary N) is 1. The number of β-amino-alcohol motifs (C(OH)–C–C–N with tert-alkyl or cyclic N) is 1. The number of thiocarbonyl (C=S) groups is 1. The van der Waals surface area contributed by atoms with E-state index >= 15 is 8.78 Å². The molecule has 0 radical (unpaired) electrons. The molecular weight excluding hydrogens is 1020 g/mol. The first-order valence-electron chi connectivity index (χ1n) is 22.3. The molecule has 0 unspecified atom stereocenters. The monoisotopic (exact) mass is 1060 g/mol. The molecule has 3 atom stereocenters. The molecule has 25 heteroatoms. The molecule has 3 amide bonds. The second kappa shape index (κ2) is 20.7. The molecule has 0 aliphatic carbocycles. The van der Waals surface area contributed by atoms with E-state index in [9.17, 15) is 45.8 Å². The summed E-state index contributed by atoms with van der Waals surface area (Å²) in [7, 11) is 0. The van der Waals surface area contributed by atoms with Gasteiger partial charge in [0.15, 0.2) is 22.5 Å². The molecule has 2 aromatic carbocycles. The van der Waals surface area contributed by atoms with Crippen molar-refractivity contribution in [2.75, 3.05) is 36.2 Å². The summed E-state index contributed by atoms with van der Waals surface area (Å²) in [5.74, 6) is -4.85. The number of nitriles is 1. The van der Waals surface area contributed by atoms with Gasteiger partial charge in [-0.1, -0.05) is 20.8 Å². The summed E-state index contributed by atoms with van der Waals surface area (Å²) in [5, 5.41) is 21.9. The molecule has 2 fully saturated rings. The van der Waals surface area contributed by atoms with Crippen LogP contribution in [0, 0.1) is 35.3 Å². The number of benzene rings is 2. The number of hydrogen-bond donors (Lipinski definition) is 2. The van der Waals surface area contributed by atoms with E-state index in [2.05, 4.69) is 20.3 Å². The Morgan fingerprint density at radius 3 is 2.37 bits per heavy atom. The van der Waals surface area contributed by atoms with E-state index in [1.807, 2.05) is 6.92 Å². The van der Waals surface area contributed by atoms with Gasteiger partial charge in [-0.2, -0.15) is 31.6 Å². The zero-order valence-electron chi connectivity index (χ0n) is 39.7. The molecule has 5 heterocycles. The number of halogens is 8. The molecule has 2 aliphatic rings. The van der Waals surface area contributed by atoms with Crippen molar-refractivity contribution in [3.8, 4) is 33.7 Å². The lowest BCUT2D eigenvalue weighted by Crippen LogP contribution is -2.55. The topological polar surface area (TPSA) is 187 Å². The molecule has 3 aromatic heterocycles. The molecule has 15 nitrogen and oxygen atoms in total. The Bertz CT molecular complexity index is 2980. The van der Waals surface area contributed by atoms with E-state index in [0.29, 0.717) is 29.2 Å². The highest BCUT2D eigenvalue weighted by Gasteiger charge is 2.52. The number of anilines is 2. The van der Waals surface area contributed by atoms with E-state index in [0.717, 1.165) is 39.9 Å². The second-order valence-corrected chi connectivity index (χ2v) is 19.9. The van der Waals surface area contributed by atoms with Crippen molar-refractivity contribution in [1.29, 1.82) is 5.26 Å². The van der Waals surface area contributed by atoms with Gasteiger partial charge in [0.05, 0.1) is 69.8 Å². The molecule has 0 spiro atoms. The second-order valence-electron chi connectivity index (χ2n) is 18.7. The van der Waals surface area contributed by atoms with Crippen LogP contribution in [-0.4, -0.2) is 91.8 Å². The maximum atomic E-state index is 15.9. The predicted octanol–water partition coefficient (Wildman–Crippen LogP) is 9.31. The molecule has 73 heavy (non-hydrogen) atoms. The fourth-order valence-electron chi connectivity index (χ4n) is 8.41. The zero-order chi connectivity index (χ0) is 53.5. The van der Waals surface area contributed by atoms with Crippen molar-refractivity contribution in [2.24, 2.45) is 5.41 Å². The summed E-state index contributed by atoms with van der Waals surface area (Å²) in [5.41, 5.74) is -7.13. The quantitative estimate of drug-likeness (QED) is 0.0574. The molecule has 5 aromatic rings. The highest BCUT2D eigenvalue weighted by Crippen LogP contribution is 2.44. The summed E-state index contributed by atoms with van der Waals surface area (Å²) >= 11 is 6.75. The minimum absolute atomic E-state index is 0.00804. The predicted molar refractivity (Wildman–Crippen MR) is 252 cm³/mol. The average molecular weight is 1060 g/mol. The molecule has 388 valence electrons. The van der Waals surface area contributed by atoms with Crippen molar-refractivity contribution in [3.05, 3.63) is 94.2 Å². The Balaban J connectivity index is 0.942. The average Bonchev–Trinajstić information content (AvgIpc) is 4.09. The van der Waals surface area contributed by atoms with Crippen molar-refractivity contribution in [1.82, 2.24) is 25.2 Å². The number of aliphatic hydroxyl groups excluding tert-OH is 1. The standard InChI is InChI=1S/C48H46F8N8O7S2/c1-24-39(73-23-60-24)34-20-59-41(71-34)33-16-27(65)21-62(33)42(67)40(45(2,3)4)61-35(66)22-69-13-7-8-14-70-28-10-11-29(30(17-28)47(51,52)53)38-31(49)15-26(19-58-38)64-44(72)63(43(68)46(64,5)6)32-12-9-25(18-57)36(37(32)50)48(54,55)56/h9-12,15,17,19-20,23,27,33,40,65H,7-8,13-14,16,21-22H2,1-6H3,(H,61,66)/t27-,33+,40-/m1/s1. The molecule has 2 aliphatic heterocycles. The van der Waals surface area contributed by atoms with Gasteiger partial charge in [-0.05, 0) is 81.6 Å². The van der Waals surface area contributed by atoms with E-state index in [-0.39, 0.29) is 49.9 Å². The maximum absolute atomic E-state index is 15.9. The van der Waals surface area contributed by atoms with Gasteiger partial charge in [-0.25, -0.2) is 18.7 Å². The first-order chi connectivity index (χ1) is 34.1. The molecule has 2 N–H and O–H groups in total. The van der Waals surface area contributed by atoms with Crippen molar-refractivity contribution in [2.45, 2.75) is 96.9 Å². The van der Waals surface area contributed by atoms with E-state index < -0.39 is 116 Å². The van der Waals surface area contributed by atoms with Crippen LogP contribution in [0.15, 0.2) is 58.7 Å². The fourth-order valence-corrected chi connectivity index (χ4v) is 9.67. The molecule has 7 rings (SSSR count). The Morgan fingerprint density at radius 1 is 1.03 bits per heavy atom. The number of aromatic nitrogens is 3. The molecule has 2 saturated heterocycles. The number of aryl methyl sites for hydroxylation is 1. The number of oxazole rings is 1. The number of carbonyl (C=O) groups is 3. The normalized spacial score (nSPS) is 17.6. The number of likely N-dealkylation sites (tertiary alicyclic amines) is 1. The Labute approximate surface area is 421 Å². The minimum atomic E-state index is -5.34. The number of nitrogens with zero attached hydrogens (tertiary/aromatic N) is 7. The number of ether oxygens (including phenoxy) is 2. The molecule has 0 bridgehead atoms. The van der Waals surface area contributed by atoms with Gasteiger partial charge in [-0.15, -0.1) is 11.3 Å². The van der Waals surface area contributed by atoms with Crippen LogP contribution >= 0.6 is 23.6 Å². The van der Waals surface area contributed by atoms with Gasteiger partial charge in [0.2, 0.25) is 17.7 Å². The smallest absolute Gasteiger partial charge is 0.420 e. The van der Waals surface area contributed by atoms with Crippen molar-refractivity contribution >= 4 is 57.8 Å².